The molecule has 0 aliphatic rings. The molecule has 3 heterocycles. The first-order chi connectivity index (χ1) is 10.9. The van der Waals surface area contributed by atoms with Crippen LogP contribution in [0.1, 0.15) is 5.82 Å². The Bertz CT molecular complexity index is 898. The number of imidazole rings is 1. The van der Waals surface area contributed by atoms with E-state index in [9.17, 15) is 0 Å². The molecule has 0 radical (unpaired) electrons. The van der Waals surface area contributed by atoms with Crippen LogP contribution in [0, 0.1) is 0 Å². The van der Waals surface area contributed by atoms with Crippen molar-refractivity contribution in [2.45, 2.75) is 6.61 Å². The molecule has 0 spiro atoms. The zero-order valence-corrected chi connectivity index (χ0v) is 11.6. The SMILES string of the molecule is c1ccc(OCc2nccn2-c2ccnc3ncnn23)cc1. The average Bonchev–Trinajstić information content (AvgIpc) is 3.22. The van der Waals surface area contributed by atoms with E-state index in [0.29, 0.717) is 12.4 Å². The third kappa shape index (κ3) is 2.18. The molecule has 0 saturated heterocycles. The zero-order chi connectivity index (χ0) is 14.8. The molecular weight excluding hydrogens is 280 g/mol. The second kappa shape index (κ2) is 5.28. The van der Waals surface area contributed by atoms with Crippen LogP contribution in [0.5, 0.6) is 5.75 Å². The summed E-state index contributed by atoms with van der Waals surface area (Å²) in [6, 6.07) is 11.5. The van der Waals surface area contributed by atoms with E-state index in [1.54, 1.807) is 16.9 Å². The molecule has 1 aromatic carbocycles. The summed E-state index contributed by atoms with van der Waals surface area (Å²) in [7, 11) is 0. The maximum absolute atomic E-state index is 5.76. The van der Waals surface area contributed by atoms with Gasteiger partial charge in [-0.25, -0.2) is 9.97 Å². The Labute approximate surface area is 125 Å². The second-order valence-corrected chi connectivity index (χ2v) is 4.59. The summed E-state index contributed by atoms with van der Waals surface area (Å²) in [4.78, 5) is 12.6. The third-order valence-electron chi connectivity index (χ3n) is 3.24. The van der Waals surface area contributed by atoms with Crippen LogP contribution < -0.4 is 4.74 Å². The van der Waals surface area contributed by atoms with E-state index in [1.807, 2.05) is 47.2 Å². The average molecular weight is 292 g/mol. The molecule has 0 bridgehead atoms. The van der Waals surface area contributed by atoms with Crippen LogP contribution in [0.2, 0.25) is 0 Å². The molecule has 22 heavy (non-hydrogen) atoms. The smallest absolute Gasteiger partial charge is 0.254 e. The van der Waals surface area contributed by atoms with E-state index < -0.39 is 0 Å². The van der Waals surface area contributed by atoms with E-state index in [1.165, 1.54) is 6.33 Å². The van der Waals surface area contributed by atoms with Gasteiger partial charge in [-0.15, -0.1) is 0 Å². The number of benzene rings is 1. The summed E-state index contributed by atoms with van der Waals surface area (Å²) in [6.45, 7) is 0.357. The van der Waals surface area contributed by atoms with Crippen molar-refractivity contribution in [2.24, 2.45) is 0 Å². The standard InChI is InChI=1S/C15H12N6O/c1-2-4-12(5-3-1)22-10-13-16-8-9-20(13)14-6-7-17-15-18-11-19-21(14)15/h1-9,11H,10H2. The highest BCUT2D eigenvalue weighted by Gasteiger charge is 2.10. The quantitative estimate of drug-likeness (QED) is 0.574. The first-order valence-corrected chi connectivity index (χ1v) is 6.77. The van der Waals surface area contributed by atoms with Crippen molar-refractivity contribution in [3.05, 3.63) is 67.1 Å². The summed E-state index contributed by atoms with van der Waals surface area (Å²) >= 11 is 0. The number of ether oxygens (including phenoxy) is 1. The van der Waals surface area contributed by atoms with E-state index in [0.717, 1.165) is 17.4 Å². The van der Waals surface area contributed by atoms with E-state index >= 15 is 0 Å². The highest BCUT2D eigenvalue weighted by atomic mass is 16.5. The van der Waals surface area contributed by atoms with Crippen LogP contribution in [0.15, 0.2) is 61.3 Å². The van der Waals surface area contributed by atoms with Crippen molar-refractivity contribution in [2.75, 3.05) is 0 Å². The van der Waals surface area contributed by atoms with Gasteiger partial charge in [-0.1, -0.05) is 18.2 Å². The fourth-order valence-electron chi connectivity index (χ4n) is 2.22. The Morgan fingerprint density at radius 2 is 1.86 bits per heavy atom. The summed E-state index contributed by atoms with van der Waals surface area (Å²) in [5.41, 5.74) is 0. The highest BCUT2D eigenvalue weighted by Crippen LogP contribution is 2.14. The molecule has 0 aliphatic carbocycles. The van der Waals surface area contributed by atoms with Gasteiger partial charge in [0.25, 0.3) is 5.78 Å². The van der Waals surface area contributed by atoms with Crippen molar-refractivity contribution in [3.63, 3.8) is 0 Å². The first-order valence-electron chi connectivity index (χ1n) is 6.77. The molecule has 0 amide bonds. The first kappa shape index (κ1) is 12.5. The van der Waals surface area contributed by atoms with Crippen molar-refractivity contribution in [1.29, 1.82) is 0 Å². The topological polar surface area (TPSA) is 70.1 Å². The van der Waals surface area contributed by atoms with Gasteiger partial charge in [0, 0.05) is 24.7 Å². The summed E-state index contributed by atoms with van der Waals surface area (Å²) < 4.78 is 9.33. The van der Waals surface area contributed by atoms with E-state index in [2.05, 4.69) is 20.1 Å². The normalized spacial score (nSPS) is 10.9. The Hall–Kier alpha value is -3.22. The molecule has 0 unspecified atom stereocenters. The minimum Gasteiger partial charge on any atom is -0.486 e. The van der Waals surface area contributed by atoms with Gasteiger partial charge in [0.15, 0.2) is 5.82 Å². The lowest BCUT2D eigenvalue weighted by Gasteiger charge is -2.10. The lowest BCUT2D eigenvalue weighted by molar-refractivity contribution is 0.293. The van der Waals surface area contributed by atoms with Crippen molar-refractivity contribution in [1.82, 2.24) is 29.1 Å². The molecule has 4 aromatic rings. The fourth-order valence-corrected chi connectivity index (χ4v) is 2.22. The van der Waals surface area contributed by atoms with Gasteiger partial charge >= 0.3 is 0 Å². The number of rotatable bonds is 4. The molecular formula is C15H12N6O. The molecule has 4 rings (SSSR count). The molecule has 0 saturated carbocycles. The lowest BCUT2D eigenvalue weighted by Crippen LogP contribution is -2.09. The molecule has 7 nitrogen and oxygen atoms in total. The van der Waals surface area contributed by atoms with Crippen LogP contribution in [0.25, 0.3) is 11.6 Å². The molecule has 108 valence electrons. The summed E-state index contributed by atoms with van der Waals surface area (Å²) in [5, 5.41) is 4.19. The van der Waals surface area contributed by atoms with Gasteiger partial charge in [-0.05, 0) is 12.1 Å². The largest absolute Gasteiger partial charge is 0.486 e. The molecule has 0 atom stereocenters. The lowest BCUT2D eigenvalue weighted by atomic mass is 10.3. The van der Waals surface area contributed by atoms with E-state index in [-0.39, 0.29) is 0 Å². The molecule has 0 N–H and O–H groups in total. The monoisotopic (exact) mass is 292 g/mol. The van der Waals surface area contributed by atoms with Gasteiger partial charge in [0.2, 0.25) is 0 Å². The fraction of sp³-hybridized carbons (Fsp3) is 0.0667. The van der Waals surface area contributed by atoms with Gasteiger partial charge in [-0.2, -0.15) is 14.6 Å². The van der Waals surface area contributed by atoms with Crippen molar-refractivity contribution in [3.8, 4) is 11.6 Å². The van der Waals surface area contributed by atoms with Gasteiger partial charge < -0.3 is 4.74 Å². The van der Waals surface area contributed by atoms with Crippen LogP contribution in [0.3, 0.4) is 0 Å². The van der Waals surface area contributed by atoms with Gasteiger partial charge in [-0.3, -0.25) is 4.57 Å². The van der Waals surface area contributed by atoms with Crippen molar-refractivity contribution >= 4 is 5.78 Å². The van der Waals surface area contributed by atoms with Crippen LogP contribution in [0.4, 0.5) is 0 Å². The molecule has 7 heteroatoms. The van der Waals surface area contributed by atoms with Crippen molar-refractivity contribution < 1.29 is 4.74 Å². The van der Waals surface area contributed by atoms with Gasteiger partial charge in [0.1, 0.15) is 24.5 Å². The number of hydrogen-bond donors (Lipinski definition) is 0. The number of fused-ring (bicyclic) bond motifs is 1. The Balaban J connectivity index is 1.67. The highest BCUT2D eigenvalue weighted by molar-refractivity contribution is 5.35. The molecule has 0 aliphatic heterocycles. The van der Waals surface area contributed by atoms with E-state index in [4.69, 9.17) is 4.74 Å². The minimum absolute atomic E-state index is 0.357. The molecule has 3 aromatic heterocycles. The third-order valence-corrected chi connectivity index (χ3v) is 3.24. The number of nitrogens with zero attached hydrogens (tertiary/aromatic N) is 6. The number of aromatic nitrogens is 6. The Morgan fingerprint density at radius 1 is 0.955 bits per heavy atom. The minimum atomic E-state index is 0.357. The zero-order valence-electron chi connectivity index (χ0n) is 11.6. The van der Waals surface area contributed by atoms with Crippen LogP contribution >= 0.6 is 0 Å². The summed E-state index contributed by atoms with van der Waals surface area (Å²) in [6.07, 6.45) is 6.76. The maximum atomic E-state index is 5.76. The van der Waals surface area contributed by atoms with Crippen LogP contribution in [-0.4, -0.2) is 29.1 Å². The number of para-hydroxylation sites is 1. The van der Waals surface area contributed by atoms with Crippen LogP contribution in [-0.2, 0) is 6.61 Å². The second-order valence-electron chi connectivity index (χ2n) is 4.59. The summed E-state index contributed by atoms with van der Waals surface area (Å²) in [5.74, 6) is 2.93. The maximum Gasteiger partial charge on any atom is 0.254 e. The predicted molar refractivity (Wildman–Crippen MR) is 78.7 cm³/mol. The molecule has 0 fully saturated rings. The van der Waals surface area contributed by atoms with Gasteiger partial charge in [0.05, 0.1) is 0 Å². The number of hydrogen-bond acceptors (Lipinski definition) is 5. The predicted octanol–water partition coefficient (Wildman–Crippen LogP) is 1.89. The Kier molecular flexibility index (Phi) is 3.01. The Morgan fingerprint density at radius 3 is 2.77 bits per heavy atom.